The summed E-state index contributed by atoms with van der Waals surface area (Å²) < 4.78 is 23.1. The van der Waals surface area contributed by atoms with Gasteiger partial charge in [-0.05, 0) is 39.8 Å². The maximum Gasteiger partial charge on any atom is 0.318 e. The third kappa shape index (κ3) is 3.84. The van der Waals surface area contributed by atoms with Gasteiger partial charge in [0.05, 0.1) is 6.20 Å². The molecule has 0 saturated carbocycles. The van der Waals surface area contributed by atoms with E-state index in [-0.39, 0.29) is 11.7 Å². The quantitative estimate of drug-likeness (QED) is 0.810. The summed E-state index contributed by atoms with van der Waals surface area (Å²) in [5, 5.41) is 3.74. The van der Waals surface area contributed by atoms with Gasteiger partial charge in [-0.15, -0.1) is 0 Å². The summed E-state index contributed by atoms with van der Waals surface area (Å²) in [5.74, 6) is -1.27. The van der Waals surface area contributed by atoms with Crippen LogP contribution in [0.1, 0.15) is 39.5 Å². The molecule has 112 valence electrons. The number of esters is 1. The van der Waals surface area contributed by atoms with Gasteiger partial charge in [-0.25, -0.2) is 9.37 Å². The summed E-state index contributed by atoms with van der Waals surface area (Å²) in [6, 6.07) is 2.68. The molecule has 0 saturated heterocycles. The van der Waals surface area contributed by atoms with Crippen molar-refractivity contribution in [2.45, 2.75) is 39.2 Å². The molecule has 0 N–H and O–H groups in total. The molecule has 0 spiro atoms. The number of pyridine rings is 1. The van der Waals surface area contributed by atoms with Crippen molar-refractivity contribution in [3.05, 3.63) is 30.0 Å². The highest BCUT2D eigenvalue weighted by Gasteiger charge is 2.27. The third-order valence-corrected chi connectivity index (χ3v) is 2.53. The summed E-state index contributed by atoms with van der Waals surface area (Å²) in [6.45, 7) is 6.95. The molecule has 0 radical (unpaired) electrons. The predicted molar refractivity (Wildman–Crippen MR) is 71.7 cm³/mol. The van der Waals surface area contributed by atoms with Crippen molar-refractivity contribution in [3.63, 3.8) is 0 Å². The van der Waals surface area contributed by atoms with Crippen molar-refractivity contribution < 1.29 is 18.4 Å². The predicted octanol–water partition coefficient (Wildman–Crippen LogP) is 2.72. The minimum Gasteiger partial charge on any atom is -0.459 e. The van der Waals surface area contributed by atoms with Gasteiger partial charge in [-0.2, -0.15) is 4.98 Å². The molecule has 0 amide bonds. The van der Waals surface area contributed by atoms with Gasteiger partial charge in [0.2, 0.25) is 11.7 Å². The third-order valence-electron chi connectivity index (χ3n) is 2.53. The first kappa shape index (κ1) is 15.1. The summed E-state index contributed by atoms with van der Waals surface area (Å²) >= 11 is 0. The Kier molecular flexibility index (Phi) is 4.02. The number of nitrogens with zero attached hydrogens (tertiary/aromatic N) is 3. The second-order valence-corrected chi connectivity index (χ2v) is 5.57. The lowest BCUT2D eigenvalue weighted by Crippen LogP contribution is -2.26. The van der Waals surface area contributed by atoms with Gasteiger partial charge in [0.15, 0.2) is 0 Å². The number of rotatable bonds is 3. The Balaban J connectivity index is 2.16. The maximum atomic E-state index is 12.8. The zero-order valence-electron chi connectivity index (χ0n) is 12.3. The minimum atomic E-state index is -0.689. The molecule has 2 aromatic rings. The van der Waals surface area contributed by atoms with Crippen LogP contribution in [0.4, 0.5) is 4.39 Å². The van der Waals surface area contributed by atoms with Crippen LogP contribution in [0.5, 0.6) is 0 Å². The molecule has 2 aromatic heterocycles. The largest absolute Gasteiger partial charge is 0.459 e. The van der Waals surface area contributed by atoms with Crippen molar-refractivity contribution >= 4 is 5.97 Å². The van der Waals surface area contributed by atoms with E-state index in [1.165, 1.54) is 12.1 Å². The fourth-order valence-electron chi connectivity index (χ4n) is 1.51. The van der Waals surface area contributed by atoms with Crippen LogP contribution in [0.15, 0.2) is 22.9 Å². The number of carbonyl (C=O) groups is 1. The molecule has 6 nitrogen and oxygen atoms in total. The second kappa shape index (κ2) is 5.59. The number of carbonyl (C=O) groups excluding carboxylic acids is 1. The second-order valence-electron chi connectivity index (χ2n) is 5.57. The Morgan fingerprint density at radius 3 is 2.67 bits per heavy atom. The summed E-state index contributed by atoms with van der Waals surface area (Å²) in [5.41, 5.74) is -0.227. The van der Waals surface area contributed by atoms with E-state index in [1.807, 2.05) is 0 Å². The highest BCUT2D eigenvalue weighted by atomic mass is 19.1. The Morgan fingerprint density at radius 2 is 2.10 bits per heavy atom. The molecule has 1 unspecified atom stereocenters. The molecule has 0 aliphatic rings. The van der Waals surface area contributed by atoms with E-state index >= 15 is 0 Å². The molecule has 21 heavy (non-hydrogen) atoms. The van der Waals surface area contributed by atoms with E-state index in [0.717, 1.165) is 6.20 Å². The number of hydrogen-bond acceptors (Lipinski definition) is 6. The van der Waals surface area contributed by atoms with Crippen LogP contribution in [-0.2, 0) is 9.53 Å². The van der Waals surface area contributed by atoms with Gasteiger partial charge in [0.1, 0.15) is 23.0 Å². The standard InChI is InChI=1S/C14H16FN3O3/c1-8(13(19)20-14(2,3)4)12-17-11(18-21-12)10-6-5-9(15)7-16-10/h5-8H,1-4H3. The van der Waals surface area contributed by atoms with Crippen LogP contribution in [0.2, 0.25) is 0 Å². The Morgan fingerprint density at radius 1 is 1.38 bits per heavy atom. The molecular formula is C14H16FN3O3. The summed E-state index contributed by atoms with van der Waals surface area (Å²) in [6.07, 6.45) is 1.06. The Labute approximate surface area is 121 Å². The zero-order valence-corrected chi connectivity index (χ0v) is 12.3. The van der Waals surface area contributed by atoms with Crippen molar-refractivity contribution in [1.82, 2.24) is 15.1 Å². The van der Waals surface area contributed by atoms with Gasteiger partial charge in [0.25, 0.3) is 0 Å². The Hall–Kier alpha value is -2.31. The summed E-state index contributed by atoms with van der Waals surface area (Å²) in [7, 11) is 0. The lowest BCUT2D eigenvalue weighted by molar-refractivity contribution is -0.156. The first-order chi connectivity index (χ1) is 9.76. The molecule has 0 aliphatic heterocycles. The van der Waals surface area contributed by atoms with Gasteiger partial charge in [-0.1, -0.05) is 5.16 Å². The fraction of sp³-hybridized carbons (Fsp3) is 0.429. The normalized spacial score (nSPS) is 13.0. The molecule has 1 atom stereocenters. The fourth-order valence-corrected chi connectivity index (χ4v) is 1.51. The van der Waals surface area contributed by atoms with Crippen LogP contribution < -0.4 is 0 Å². The number of ether oxygens (including phenoxy) is 1. The van der Waals surface area contributed by atoms with Crippen molar-refractivity contribution in [2.24, 2.45) is 0 Å². The molecule has 7 heteroatoms. The van der Waals surface area contributed by atoms with Crippen LogP contribution in [-0.4, -0.2) is 26.7 Å². The van der Waals surface area contributed by atoms with Gasteiger partial charge in [0, 0.05) is 0 Å². The van der Waals surface area contributed by atoms with Crippen molar-refractivity contribution in [3.8, 4) is 11.5 Å². The molecule has 0 aliphatic carbocycles. The molecular weight excluding hydrogens is 277 g/mol. The molecule has 0 aromatic carbocycles. The number of hydrogen-bond donors (Lipinski definition) is 0. The molecule has 2 rings (SSSR count). The lowest BCUT2D eigenvalue weighted by Gasteiger charge is -2.20. The highest BCUT2D eigenvalue weighted by molar-refractivity contribution is 5.76. The SMILES string of the molecule is CC(C(=O)OC(C)(C)C)c1nc(-c2ccc(F)cn2)no1. The first-order valence-electron chi connectivity index (χ1n) is 6.44. The topological polar surface area (TPSA) is 78.1 Å². The van der Waals surface area contributed by atoms with Gasteiger partial charge in [-0.3, -0.25) is 4.79 Å². The molecule has 0 fully saturated rings. The van der Waals surface area contributed by atoms with E-state index in [4.69, 9.17) is 9.26 Å². The molecule has 2 heterocycles. The van der Waals surface area contributed by atoms with Crippen LogP contribution in [0.3, 0.4) is 0 Å². The number of aromatic nitrogens is 3. The van der Waals surface area contributed by atoms with Gasteiger partial charge >= 0.3 is 5.97 Å². The first-order valence-corrected chi connectivity index (χ1v) is 6.44. The van der Waals surface area contributed by atoms with E-state index in [2.05, 4.69) is 15.1 Å². The monoisotopic (exact) mass is 293 g/mol. The van der Waals surface area contributed by atoms with E-state index in [1.54, 1.807) is 27.7 Å². The average Bonchev–Trinajstić information content (AvgIpc) is 2.86. The smallest absolute Gasteiger partial charge is 0.318 e. The van der Waals surface area contributed by atoms with E-state index in [0.29, 0.717) is 5.69 Å². The van der Waals surface area contributed by atoms with Crippen molar-refractivity contribution in [1.29, 1.82) is 0 Å². The van der Waals surface area contributed by atoms with Crippen LogP contribution in [0.25, 0.3) is 11.5 Å². The van der Waals surface area contributed by atoms with E-state index < -0.39 is 23.3 Å². The van der Waals surface area contributed by atoms with Crippen LogP contribution in [0, 0.1) is 5.82 Å². The van der Waals surface area contributed by atoms with E-state index in [9.17, 15) is 9.18 Å². The summed E-state index contributed by atoms with van der Waals surface area (Å²) in [4.78, 5) is 19.9. The average molecular weight is 293 g/mol. The maximum absolute atomic E-state index is 12.8. The highest BCUT2D eigenvalue weighted by Crippen LogP contribution is 2.21. The Bertz CT molecular complexity index is 632. The van der Waals surface area contributed by atoms with Crippen LogP contribution >= 0.6 is 0 Å². The number of halogens is 1. The van der Waals surface area contributed by atoms with Crippen molar-refractivity contribution in [2.75, 3.05) is 0 Å². The zero-order chi connectivity index (χ0) is 15.6. The molecule has 0 bridgehead atoms. The van der Waals surface area contributed by atoms with Gasteiger partial charge < -0.3 is 9.26 Å². The minimum absolute atomic E-state index is 0.130. The lowest BCUT2D eigenvalue weighted by atomic mass is 10.1.